The van der Waals surface area contributed by atoms with Gasteiger partial charge in [0.2, 0.25) is 21.5 Å². The zero-order chi connectivity index (χ0) is 26.8. The van der Waals surface area contributed by atoms with Crippen molar-refractivity contribution in [3.8, 4) is 11.1 Å². The minimum Gasteiger partial charge on any atom is -0.398 e. The monoisotopic (exact) mass is 542 g/mol. The lowest BCUT2D eigenvalue weighted by atomic mass is 9.92. The van der Waals surface area contributed by atoms with Crippen LogP contribution in [0.5, 0.6) is 0 Å². The summed E-state index contributed by atoms with van der Waals surface area (Å²) in [5.41, 5.74) is 6.62. The fraction of sp³-hybridized carbons (Fsp3) is 0.167. The van der Waals surface area contributed by atoms with Crippen LogP contribution < -0.4 is 21.5 Å². The molecule has 37 heavy (non-hydrogen) atoms. The molecule has 192 valence electrons. The first-order chi connectivity index (χ1) is 17.5. The Labute approximate surface area is 217 Å². The highest BCUT2D eigenvalue weighted by Gasteiger charge is 2.47. The SMILES string of the molecule is CC(=O)NC[C@@]1(C(=O)Nc2ccc(-c3ccccc3S(N)(=O)=O)cn2)CC(c2ccc(Cl)c(N)c2)=NO1. The molecule has 1 aromatic heterocycles. The third-order valence-electron chi connectivity index (χ3n) is 5.66. The number of sulfonamides is 1. The van der Waals surface area contributed by atoms with E-state index >= 15 is 0 Å². The van der Waals surface area contributed by atoms with E-state index in [1.807, 2.05) is 0 Å². The van der Waals surface area contributed by atoms with Crippen molar-refractivity contribution in [3.05, 3.63) is 71.4 Å². The van der Waals surface area contributed by atoms with E-state index in [9.17, 15) is 18.0 Å². The summed E-state index contributed by atoms with van der Waals surface area (Å²) >= 11 is 6.00. The molecule has 1 atom stereocenters. The molecule has 0 radical (unpaired) electrons. The largest absolute Gasteiger partial charge is 0.398 e. The minimum atomic E-state index is -3.95. The number of nitrogens with one attached hydrogen (secondary N) is 2. The molecule has 0 fully saturated rings. The topological polar surface area (TPSA) is 179 Å². The van der Waals surface area contributed by atoms with Crippen molar-refractivity contribution in [2.45, 2.75) is 23.8 Å². The fourth-order valence-electron chi connectivity index (χ4n) is 3.73. The van der Waals surface area contributed by atoms with E-state index in [4.69, 9.17) is 27.3 Å². The van der Waals surface area contributed by atoms with Crippen molar-refractivity contribution in [3.63, 3.8) is 0 Å². The quantitative estimate of drug-likeness (QED) is 0.330. The third-order valence-corrected chi connectivity index (χ3v) is 6.97. The number of hydrogen-bond donors (Lipinski definition) is 4. The summed E-state index contributed by atoms with van der Waals surface area (Å²) in [6.45, 7) is 1.17. The number of aromatic nitrogens is 1. The van der Waals surface area contributed by atoms with Gasteiger partial charge in [0, 0.05) is 36.2 Å². The van der Waals surface area contributed by atoms with Gasteiger partial charge in [-0.2, -0.15) is 0 Å². The number of carbonyl (C=O) groups is 2. The van der Waals surface area contributed by atoms with Crippen LogP contribution in [0, 0.1) is 0 Å². The number of amides is 2. The molecule has 0 aliphatic carbocycles. The first-order valence-corrected chi connectivity index (χ1v) is 12.9. The van der Waals surface area contributed by atoms with Gasteiger partial charge in [0.05, 0.1) is 27.9 Å². The highest BCUT2D eigenvalue weighted by Crippen LogP contribution is 2.31. The van der Waals surface area contributed by atoms with Crippen molar-refractivity contribution in [1.82, 2.24) is 10.3 Å². The number of oxime groups is 1. The number of nitrogens with zero attached hydrogens (tertiary/aromatic N) is 2. The predicted molar refractivity (Wildman–Crippen MR) is 139 cm³/mol. The fourth-order valence-corrected chi connectivity index (χ4v) is 4.61. The normalized spacial score (nSPS) is 17.0. The Kier molecular flexibility index (Phi) is 7.16. The van der Waals surface area contributed by atoms with Gasteiger partial charge >= 0.3 is 0 Å². The summed E-state index contributed by atoms with van der Waals surface area (Å²) in [6.07, 6.45) is 1.45. The lowest BCUT2D eigenvalue weighted by molar-refractivity contribution is -0.138. The van der Waals surface area contributed by atoms with E-state index in [0.717, 1.165) is 0 Å². The molecule has 0 saturated carbocycles. The molecule has 1 aliphatic heterocycles. The van der Waals surface area contributed by atoms with E-state index < -0.39 is 21.5 Å². The molecule has 11 nitrogen and oxygen atoms in total. The number of pyridine rings is 1. The highest BCUT2D eigenvalue weighted by atomic mass is 35.5. The summed E-state index contributed by atoms with van der Waals surface area (Å²) in [7, 11) is -3.95. The molecule has 0 unspecified atom stereocenters. The Bertz CT molecular complexity index is 1510. The zero-order valence-electron chi connectivity index (χ0n) is 19.6. The van der Waals surface area contributed by atoms with E-state index in [1.165, 1.54) is 25.3 Å². The molecule has 0 bridgehead atoms. The molecule has 2 heterocycles. The number of nitrogens with two attached hydrogens (primary N) is 2. The van der Waals surface area contributed by atoms with Gasteiger partial charge in [-0.25, -0.2) is 18.5 Å². The van der Waals surface area contributed by atoms with E-state index in [0.29, 0.717) is 33.1 Å². The van der Waals surface area contributed by atoms with Crippen LogP contribution in [0.2, 0.25) is 5.02 Å². The molecule has 4 rings (SSSR count). The Morgan fingerprint density at radius 3 is 2.51 bits per heavy atom. The van der Waals surface area contributed by atoms with Crippen LogP contribution in [-0.2, 0) is 24.4 Å². The highest BCUT2D eigenvalue weighted by molar-refractivity contribution is 7.89. The molecule has 2 amide bonds. The van der Waals surface area contributed by atoms with E-state index in [-0.39, 0.29) is 29.6 Å². The van der Waals surface area contributed by atoms with Gasteiger partial charge in [-0.3, -0.25) is 9.59 Å². The summed E-state index contributed by atoms with van der Waals surface area (Å²) in [4.78, 5) is 34.7. The summed E-state index contributed by atoms with van der Waals surface area (Å²) < 4.78 is 23.9. The third kappa shape index (κ3) is 5.71. The average molecular weight is 543 g/mol. The van der Waals surface area contributed by atoms with Gasteiger partial charge in [0.25, 0.3) is 5.91 Å². The number of nitrogen functional groups attached to an aromatic ring is 1. The van der Waals surface area contributed by atoms with E-state index in [2.05, 4.69) is 20.8 Å². The molecule has 3 aromatic rings. The Hall–Kier alpha value is -4.00. The lowest BCUT2D eigenvalue weighted by Gasteiger charge is -2.25. The minimum absolute atomic E-state index is 0.0417. The Balaban J connectivity index is 1.56. The maximum atomic E-state index is 13.3. The second-order valence-corrected chi connectivity index (χ2v) is 10.3. The maximum Gasteiger partial charge on any atom is 0.274 e. The number of anilines is 2. The summed E-state index contributed by atoms with van der Waals surface area (Å²) in [5, 5.41) is 15.1. The smallest absolute Gasteiger partial charge is 0.274 e. The lowest BCUT2D eigenvalue weighted by Crippen LogP contribution is -2.51. The first-order valence-electron chi connectivity index (χ1n) is 10.9. The molecular formula is C24H23ClN6O5S. The average Bonchev–Trinajstić information content (AvgIpc) is 3.30. The number of carbonyl (C=O) groups excluding carboxylic acids is 2. The molecular weight excluding hydrogens is 520 g/mol. The van der Waals surface area contributed by atoms with Crippen molar-refractivity contribution in [2.75, 3.05) is 17.6 Å². The number of rotatable bonds is 7. The Morgan fingerprint density at radius 1 is 1.14 bits per heavy atom. The van der Waals surface area contributed by atoms with E-state index in [1.54, 1.807) is 42.5 Å². The molecule has 1 aliphatic rings. The Morgan fingerprint density at radius 2 is 1.86 bits per heavy atom. The van der Waals surface area contributed by atoms with Crippen LogP contribution in [0.1, 0.15) is 18.9 Å². The van der Waals surface area contributed by atoms with Gasteiger partial charge in [0.15, 0.2) is 0 Å². The number of benzene rings is 2. The van der Waals surface area contributed by atoms with Crippen LogP contribution in [-0.4, -0.2) is 43.1 Å². The summed E-state index contributed by atoms with van der Waals surface area (Å²) in [6, 6.07) is 14.3. The van der Waals surface area contributed by atoms with Crippen LogP contribution in [0.3, 0.4) is 0 Å². The summed E-state index contributed by atoms with van der Waals surface area (Å²) in [5.74, 6) is -0.764. The van der Waals surface area contributed by atoms with Crippen LogP contribution in [0.25, 0.3) is 11.1 Å². The van der Waals surface area contributed by atoms with Crippen molar-refractivity contribution < 1.29 is 22.8 Å². The van der Waals surface area contributed by atoms with Crippen molar-refractivity contribution >= 4 is 50.7 Å². The molecule has 2 aromatic carbocycles. The zero-order valence-corrected chi connectivity index (χ0v) is 21.1. The number of hydrogen-bond acceptors (Lipinski definition) is 8. The second-order valence-electron chi connectivity index (χ2n) is 8.37. The van der Waals surface area contributed by atoms with Gasteiger partial charge < -0.3 is 21.2 Å². The van der Waals surface area contributed by atoms with Gasteiger partial charge in [-0.05, 0) is 30.3 Å². The molecule has 0 saturated heterocycles. The van der Waals surface area contributed by atoms with Crippen LogP contribution in [0.15, 0.2) is 70.8 Å². The second kappa shape index (κ2) is 10.2. The van der Waals surface area contributed by atoms with Crippen LogP contribution in [0.4, 0.5) is 11.5 Å². The van der Waals surface area contributed by atoms with Crippen molar-refractivity contribution in [2.24, 2.45) is 10.3 Å². The molecule has 13 heteroatoms. The maximum absolute atomic E-state index is 13.3. The number of primary sulfonamides is 1. The van der Waals surface area contributed by atoms with Crippen LogP contribution >= 0.6 is 11.6 Å². The van der Waals surface area contributed by atoms with Gasteiger partial charge in [0.1, 0.15) is 5.82 Å². The van der Waals surface area contributed by atoms with Gasteiger partial charge in [-0.15, -0.1) is 0 Å². The van der Waals surface area contributed by atoms with Gasteiger partial charge in [-0.1, -0.05) is 41.0 Å². The molecule has 6 N–H and O–H groups in total. The first kappa shape index (κ1) is 26.1. The predicted octanol–water partition coefficient (Wildman–Crippen LogP) is 2.27. The molecule has 0 spiro atoms. The standard InChI is InChI=1S/C24H23ClN6O5S/c1-14(32)29-13-24(11-20(31-36-24)15-6-8-18(25)19(26)10-15)23(33)30-22-9-7-16(12-28-22)17-4-2-3-5-21(17)37(27,34)35/h2-10,12H,11,13,26H2,1H3,(H,29,32)(H2,27,34,35)(H,28,30,33)/t24-/m1/s1. The van der Waals surface area contributed by atoms with Crippen molar-refractivity contribution in [1.29, 1.82) is 0 Å². The number of halogens is 1.